The molecule has 0 saturated carbocycles. The zero-order valence-electron chi connectivity index (χ0n) is 11.9. The van der Waals surface area contributed by atoms with Crippen molar-refractivity contribution in [3.63, 3.8) is 0 Å². The van der Waals surface area contributed by atoms with Crippen molar-refractivity contribution in [3.8, 4) is 11.5 Å². The van der Waals surface area contributed by atoms with Gasteiger partial charge in [0.1, 0.15) is 11.5 Å². The third kappa shape index (κ3) is 2.83. The van der Waals surface area contributed by atoms with Crippen LogP contribution in [-0.2, 0) is 5.75 Å². The van der Waals surface area contributed by atoms with Crippen LogP contribution in [0.25, 0.3) is 17.1 Å². The molecule has 7 heteroatoms. The van der Waals surface area contributed by atoms with Crippen LogP contribution in [0.2, 0.25) is 0 Å². The molecular weight excluding hydrogens is 315 g/mol. The number of thioether (sulfide) groups is 1. The lowest BCUT2D eigenvalue weighted by atomic mass is 10.2. The number of aromatic nitrogens is 4. The van der Waals surface area contributed by atoms with Crippen LogP contribution >= 0.6 is 11.8 Å². The summed E-state index contributed by atoms with van der Waals surface area (Å²) < 4.78 is 20.0. The smallest absolute Gasteiger partial charge is 0.212 e. The molecule has 0 spiro atoms. The first kappa shape index (κ1) is 14.0. The Morgan fingerprint density at radius 2 is 1.91 bits per heavy atom. The highest BCUT2D eigenvalue weighted by molar-refractivity contribution is 7.98. The molecule has 114 valence electrons. The third-order valence-electron chi connectivity index (χ3n) is 3.29. The van der Waals surface area contributed by atoms with E-state index in [4.69, 9.17) is 4.42 Å². The van der Waals surface area contributed by atoms with E-state index in [0.29, 0.717) is 28.0 Å². The second-order valence-corrected chi connectivity index (χ2v) is 5.81. The van der Waals surface area contributed by atoms with Gasteiger partial charge in [0.25, 0.3) is 0 Å². The Bertz CT molecular complexity index is 935. The van der Waals surface area contributed by atoms with Gasteiger partial charge in [0, 0.05) is 5.75 Å². The van der Waals surface area contributed by atoms with Gasteiger partial charge in [0.05, 0.1) is 6.26 Å². The fourth-order valence-electron chi connectivity index (χ4n) is 2.14. The summed E-state index contributed by atoms with van der Waals surface area (Å²) in [6.45, 7) is 0. The van der Waals surface area contributed by atoms with Gasteiger partial charge in [0.15, 0.2) is 11.4 Å². The van der Waals surface area contributed by atoms with Crippen LogP contribution in [0.15, 0.2) is 64.4 Å². The maximum absolute atomic E-state index is 12.9. The highest BCUT2D eigenvalue weighted by atomic mass is 32.2. The molecular formula is C16H11FN4OS. The van der Waals surface area contributed by atoms with Gasteiger partial charge in [-0.15, -0.1) is 10.2 Å². The number of nitrogens with zero attached hydrogens (tertiary/aromatic N) is 4. The molecule has 3 aromatic heterocycles. The van der Waals surface area contributed by atoms with Crippen LogP contribution in [0.5, 0.6) is 0 Å². The molecule has 23 heavy (non-hydrogen) atoms. The molecule has 0 N–H and O–H groups in total. The van der Waals surface area contributed by atoms with E-state index < -0.39 is 0 Å². The lowest BCUT2D eigenvalue weighted by Gasteiger charge is -2.01. The monoisotopic (exact) mass is 326 g/mol. The molecule has 4 rings (SSSR count). The van der Waals surface area contributed by atoms with E-state index in [1.54, 1.807) is 22.9 Å². The Morgan fingerprint density at radius 3 is 2.70 bits per heavy atom. The molecule has 3 heterocycles. The highest BCUT2D eigenvalue weighted by Gasteiger charge is 2.10. The molecule has 0 amide bonds. The highest BCUT2D eigenvalue weighted by Crippen LogP contribution is 2.23. The second-order valence-electron chi connectivity index (χ2n) is 4.86. The van der Waals surface area contributed by atoms with Gasteiger partial charge in [-0.2, -0.15) is 9.61 Å². The number of rotatable bonds is 4. The van der Waals surface area contributed by atoms with Crippen molar-refractivity contribution in [3.05, 3.63) is 66.2 Å². The molecule has 1 aromatic carbocycles. The van der Waals surface area contributed by atoms with Crippen LogP contribution < -0.4 is 0 Å². The van der Waals surface area contributed by atoms with Gasteiger partial charge in [-0.05, 0) is 42.0 Å². The molecule has 0 aliphatic carbocycles. The molecule has 0 saturated heterocycles. The summed E-state index contributed by atoms with van der Waals surface area (Å²) in [5.74, 6) is 1.11. The summed E-state index contributed by atoms with van der Waals surface area (Å²) in [5, 5.41) is 13.5. The van der Waals surface area contributed by atoms with Gasteiger partial charge in [-0.3, -0.25) is 0 Å². The lowest BCUT2D eigenvalue weighted by Crippen LogP contribution is -1.96. The SMILES string of the molecule is Fc1ccc(CSc2nnc3ccc(-c4ccco4)nn23)cc1. The Morgan fingerprint density at radius 1 is 1.04 bits per heavy atom. The Labute approximate surface area is 135 Å². The van der Waals surface area contributed by atoms with Crippen molar-refractivity contribution in [2.75, 3.05) is 0 Å². The predicted octanol–water partition coefficient (Wildman–Crippen LogP) is 3.82. The summed E-state index contributed by atoms with van der Waals surface area (Å²) >= 11 is 1.50. The average Bonchev–Trinajstić information content (AvgIpc) is 3.24. The first-order chi connectivity index (χ1) is 11.3. The first-order valence-corrected chi connectivity index (χ1v) is 7.92. The van der Waals surface area contributed by atoms with E-state index in [1.807, 2.05) is 24.3 Å². The molecule has 0 aliphatic rings. The van der Waals surface area contributed by atoms with E-state index >= 15 is 0 Å². The average molecular weight is 326 g/mol. The minimum absolute atomic E-state index is 0.239. The summed E-state index contributed by atoms with van der Waals surface area (Å²) in [4.78, 5) is 0. The van der Waals surface area contributed by atoms with E-state index in [9.17, 15) is 4.39 Å². The topological polar surface area (TPSA) is 56.2 Å². The minimum atomic E-state index is -0.239. The van der Waals surface area contributed by atoms with E-state index in [1.165, 1.54) is 23.9 Å². The van der Waals surface area contributed by atoms with Gasteiger partial charge < -0.3 is 4.42 Å². The van der Waals surface area contributed by atoms with Gasteiger partial charge in [-0.1, -0.05) is 23.9 Å². The van der Waals surface area contributed by atoms with Crippen LogP contribution in [-0.4, -0.2) is 19.8 Å². The molecule has 0 radical (unpaired) electrons. The Hall–Kier alpha value is -2.67. The van der Waals surface area contributed by atoms with Crippen molar-refractivity contribution in [1.82, 2.24) is 19.8 Å². The second kappa shape index (κ2) is 5.85. The summed E-state index contributed by atoms with van der Waals surface area (Å²) in [7, 11) is 0. The quantitative estimate of drug-likeness (QED) is 0.534. The lowest BCUT2D eigenvalue weighted by molar-refractivity contribution is 0.577. The van der Waals surface area contributed by atoms with Crippen molar-refractivity contribution in [1.29, 1.82) is 0 Å². The van der Waals surface area contributed by atoms with Crippen LogP contribution in [0, 0.1) is 5.82 Å². The summed E-state index contributed by atoms with van der Waals surface area (Å²) in [6.07, 6.45) is 1.61. The molecule has 0 fully saturated rings. The van der Waals surface area contributed by atoms with Gasteiger partial charge >= 0.3 is 0 Å². The molecule has 0 aliphatic heterocycles. The fourth-order valence-corrected chi connectivity index (χ4v) is 2.99. The van der Waals surface area contributed by atoms with Crippen molar-refractivity contribution >= 4 is 17.4 Å². The molecule has 0 bridgehead atoms. The number of hydrogen-bond donors (Lipinski definition) is 0. The molecule has 0 atom stereocenters. The predicted molar refractivity (Wildman–Crippen MR) is 84.4 cm³/mol. The number of halogens is 1. The maximum Gasteiger partial charge on any atom is 0.212 e. The normalized spacial score (nSPS) is 11.2. The van der Waals surface area contributed by atoms with E-state index in [2.05, 4.69) is 15.3 Å². The Kier molecular flexibility index (Phi) is 3.55. The van der Waals surface area contributed by atoms with E-state index in [0.717, 1.165) is 5.56 Å². The first-order valence-electron chi connectivity index (χ1n) is 6.93. The number of hydrogen-bond acceptors (Lipinski definition) is 5. The molecule has 5 nitrogen and oxygen atoms in total. The number of furan rings is 1. The summed E-state index contributed by atoms with van der Waals surface area (Å²) in [6, 6.07) is 13.8. The molecule has 4 aromatic rings. The molecule has 0 unspecified atom stereocenters. The van der Waals surface area contributed by atoms with Gasteiger partial charge in [-0.25, -0.2) is 4.39 Å². The number of fused-ring (bicyclic) bond motifs is 1. The summed E-state index contributed by atoms with van der Waals surface area (Å²) in [5.41, 5.74) is 2.39. The van der Waals surface area contributed by atoms with Crippen molar-refractivity contribution in [2.24, 2.45) is 0 Å². The minimum Gasteiger partial charge on any atom is -0.463 e. The van der Waals surface area contributed by atoms with Crippen molar-refractivity contribution < 1.29 is 8.81 Å². The van der Waals surface area contributed by atoms with E-state index in [-0.39, 0.29) is 5.82 Å². The maximum atomic E-state index is 12.9. The zero-order chi connectivity index (χ0) is 15.6. The van der Waals surface area contributed by atoms with Crippen LogP contribution in [0.3, 0.4) is 0 Å². The standard InChI is InChI=1S/C16H11FN4OS/c17-12-5-3-11(4-6-12)10-23-16-19-18-15-8-7-13(20-21(15)16)14-2-1-9-22-14/h1-9H,10H2. The van der Waals surface area contributed by atoms with Crippen molar-refractivity contribution in [2.45, 2.75) is 10.9 Å². The fraction of sp³-hybridized carbons (Fsp3) is 0.0625. The third-order valence-corrected chi connectivity index (χ3v) is 4.28. The number of benzene rings is 1. The van der Waals surface area contributed by atoms with Gasteiger partial charge in [0.2, 0.25) is 5.16 Å². The largest absolute Gasteiger partial charge is 0.463 e. The zero-order valence-corrected chi connectivity index (χ0v) is 12.7. The van der Waals surface area contributed by atoms with Crippen LogP contribution in [0.1, 0.15) is 5.56 Å². The van der Waals surface area contributed by atoms with Crippen LogP contribution in [0.4, 0.5) is 4.39 Å². The Balaban J connectivity index is 1.62.